The van der Waals surface area contributed by atoms with E-state index in [0.29, 0.717) is 36.1 Å². The van der Waals surface area contributed by atoms with Gasteiger partial charge in [0.2, 0.25) is 0 Å². The molecule has 1 fully saturated rings. The SMILES string of the molecule is CCOc1ccc(NC(=O)N(CC)CC2CCOCC2)cc1C#N. The molecular weight excluding hydrogens is 306 g/mol. The molecule has 24 heavy (non-hydrogen) atoms. The fraction of sp³-hybridized carbons (Fsp3) is 0.556. The van der Waals surface area contributed by atoms with E-state index in [0.717, 1.165) is 32.6 Å². The first kappa shape index (κ1) is 18.1. The summed E-state index contributed by atoms with van der Waals surface area (Å²) in [4.78, 5) is 14.3. The van der Waals surface area contributed by atoms with Crippen molar-refractivity contribution in [3.63, 3.8) is 0 Å². The van der Waals surface area contributed by atoms with Crippen LogP contribution < -0.4 is 10.1 Å². The first-order chi connectivity index (χ1) is 11.7. The predicted octanol–water partition coefficient (Wildman–Crippen LogP) is 3.24. The van der Waals surface area contributed by atoms with Crippen LogP contribution in [-0.2, 0) is 4.74 Å². The highest BCUT2D eigenvalue weighted by Crippen LogP contribution is 2.23. The molecule has 6 nitrogen and oxygen atoms in total. The average Bonchev–Trinajstić information content (AvgIpc) is 2.61. The Labute approximate surface area is 143 Å². The summed E-state index contributed by atoms with van der Waals surface area (Å²) < 4.78 is 10.8. The van der Waals surface area contributed by atoms with Gasteiger partial charge in [0.05, 0.1) is 12.2 Å². The molecule has 1 saturated heterocycles. The van der Waals surface area contributed by atoms with Crippen LogP contribution >= 0.6 is 0 Å². The monoisotopic (exact) mass is 331 g/mol. The number of carbonyl (C=O) groups is 1. The van der Waals surface area contributed by atoms with E-state index in [4.69, 9.17) is 9.47 Å². The maximum atomic E-state index is 12.5. The van der Waals surface area contributed by atoms with Crippen LogP contribution in [0.3, 0.4) is 0 Å². The number of urea groups is 1. The smallest absolute Gasteiger partial charge is 0.321 e. The third-order valence-electron chi connectivity index (χ3n) is 4.14. The fourth-order valence-electron chi connectivity index (χ4n) is 2.78. The van der Waals surface area contributed by atoms with Crippen molar-refractivity contribution in [1.29, 1.82) is 5.26 Å². The topological polar surface area (TPSA) is 74.6 Å². The molecule has 0 bridgehead atoms. The van der Waals surface area contributed by atoms with Crippen molar-refractivity contribution in [1.82, 2.24) is 4.90 Å². The highest BCUT2D eigenvalue weighted by atomic mass is 16.5. The van der Waals surface area contributed by atoms with Crippen molar-refractivity contribution in [2.24, 2.45) is 5.92 Å². The first-order valence-corrected chi connectivity index (χ1v) is 8.48. The third kappa shape index (κ3) is 4.87. The van der Waals surface area contributed by atoms with Crippen molar-refractivity contribution in [3.05, 3.63) is 23.8 Å². The Hall–Kier alpha value is -2.26. The molecule has 1 N–H and O–H groups in total. The summed E-state index contributed by atoms with van der Waals surface area (Å²) in [6.45, 7) is 7.25. The summed E-state index contributed by atoms with van der Waals surface area (Å²) in [6.07, 6.45) is 1.98. The zero-order chi connectivity index (χ0) is 17.4. The van der Waals surface area contributed by atoms with Crippen LogP contribution in [0, 0.1) is 17.2 Å². The van der Waals surface area contributed by atoms with E-state index in [1.807, 2.05) is 13.8 Å². The fourth-order valence-corrected chi connectivity index (χ4v) is 2.78. The second-order valence-electron chi connectivity index (χ2n) is 5.78. The highest BCUT2D eigenvalue weighted by Gasteiger charge is 2.20. The molecule has 1 heterocycles. The van der Waals surface area contributed by atoms with Gasteiger partial charge >= 0.3 is 6.03 Å². The Bertz CT molecular complexity index is 592. The second-order valence-corrected chi connectivity index (χ2v) is 5.78. The molecule has 6 heteroatoms. The Morgan fingerprint density at radius 2 is 2.17 bits per heavy atom. The van der Waals surface area contributed by atoms with Crippen LogP contribution in [0.15, 0.2) is 18.2 Å². The third-order valence-corrected chi connectivity index (χ3v) is 4.14. The summed E-state index contributed by atoms with van der Waals surface area (Å²) in [7, 11) is 0. The van der Waals surface area contributed by atoms with Gasteiger partial charge in [0.25, 0.3) is 0 Å². The summed E-state index contributed by atoms with van der Waals surface area (Å²) in [5.74, 6) is 1.02. The molecule has 1 aromatic rings. The molecule has 0 radical (unpaired) electrons. The molecule has 1 aromatic carbocycles. The molecule has 130 valence electrons. The van der Waals surface area contributed by atoms with Crippen LogP contribution in [-0.4, -0.2) is 43.8 Å². The van der Waals surface area contributed by atoms with E-state index in [9.17, 15) is 10.1 Å². The molecule has 2 rings (SSSR count). The molecule has 0 atom stereocenters. The van der Waals surface area contributed by atoms with Gasteiger partial charge in [0.1, 0.15) is 11.8 Å². The molecule has 0 unspecified atom stereocenters. The van der Waals surface area contributed by atoms with Gasteiger partial charge in [0.15, 0.2) is 0 Å². The maximum Gasteiger partial charge on any atom is 0.321 e. The lowest BCUT2D eigenvalue weighted by atomic mass is 10.00. The number of carbonyl (C=O) groups excluding carboxylic acids is 1. The second kappa shape index (κ2) is 9.14. The standard InChI is InChI=1S/C18H25N3O3/c1-3-21(13-14-7-9-23-10-8-14)18(22)20-16-5-6-17(24-4-2)15(11-16)12-19/h5-6,11,14H,3-4,7-10,13H2,1-2H3,(H,20,22). The van der Waals surface area contributed by atoms with Gasteiger partial charge in [-0.25, -0.2) is 4.79 Å². The summed E-state index contributed by atoms with van der Waals surface area (Å²) in [6, 6.07) is 7.07. The first-order valence-electron chi connectivity index (χ1n) is 8.48. The number of benzene rings is 1. The molecule has 2 amide bonds. The van der Waals surface area contributed by atoms with Gasteiger partial charge in [-0.1, -0.05) is 0 Å². The van der Waals surface area contributed by atoms with Gasteiger partial charge in [-0.05, 0) is 50.8 Å². The predicted molar refractivity (Wildman–Crippen MR) is 92.1 cm³/mol. The lowest BCUT2D eigenvalue weighted by Crippen LogP contribution is -2.39. The minimum atomic E-state index is -0.142. The van der Waals surface area contributed by atoms with Crippen molar-refractivity contribution in [2.45, 2.75) is 26.7 Å². The lowest BCUT2D eigenvalue weighted by molar-refractivity contribution is 0.0576. The normalized spacial score (nSPS) is 14.7. The van der Waals surface area contributed by atoms with Crippen LogP contribution in [0.5, 0.6) is 5.75 Å². The van der Waals surface area contributed by atoms with E-state index in [2.05, 4.69) is 11.4 Å². The van der Waals surface area contributed by atoms with E-state index in [1.54, 1.807) is 23.1 Å². The number of hydrogen-bond acceptors (Lipinski definition) is 4. The molecular formula is C18H25N3O3. The number of nitriles is 1. The Balaban J connectivity index is 2.00. The molecule has 1 aliphatic rings. The molecule has 0 spiro atoms. The molecule has 0 aliphatic carbocycles. The van der Waals surface area contributed by atoms with Crippen LogP contribution in [0.1, 0.15) is 32.3 Å². The van der Waals surface area contributed by atoms with E-state index >= 15 is 0 Å². The number of rotatable bonds is 6. The largest absolute Gasteiger partial charge is 0.492 e. The summed E-state index contributed by atoms with van der Waals surface area (Å²) >= 11 is 0. The minimum Gasteiger partial charge on any atom is -0.492 e. The van der Waals surface area contributed by atoms with Crippen molar-refractivity contribution in [3.8, 4) is 11.8 Å². The van der Waals surface area contributed by atoms with Gasteiger partial charge < -0.3 is 19.7 Å². The number of nitrogens with one attached hydrogen (secondary N) is 1. The highest BCUT2D eigenvalue weighted by molar-refractivity contribution is 5.89. The van der Waals surface area contributed by atoms with E-state index in [-0.39, 0.29) is 6.03 Å². The van der Waals surface area contributed by atoms with E-state index < -0.39 is 0 Å². The van der Waals surface area contributed by atoms with E-state index in [1.165, 1.54) is 0 Å². The van der Waals surface area contributed by atoms with Crippen LogP contribution in [0.25, 0.3) is 0 Å². The number of nitrogens with zero attached hydrogens (tertiary/aromatic N) is 2. The minimum absolute atomic E-state index is 0.142. The van der Waals surface area contributed by atoms with Gasteiger partial charge in [-0.3, -0.25) is 0 Å². The Kier molecular flexibility index (Phi) is 6.89. The summed E-state index contributed by atoms with van der Waals surface area (Å²) in [5, 5.41) is 12.1. The zero-order valence-corrected chi connectivity index (χ0v) is 14.4. The number of amides is 2. The van der Waals surface area contributed by atoms with Gasteiger partial charge in [-0.15, -0.1) is 0 Å². The zero-order valence-electron chi connectivity index (χ0n) is 14.4. The van der Waals surface area contributed by atoms with Crippen LogP contribution in [0.4, 0.5) is 10.5 Å². The Morgan fingerprint density at radius 1 is 1.42 bits per heavy atom. The molecule has 1 aliphatic heterocycles. The maximum absolute atomic E-state index is 12.5. The number of hydrogen-bond donors (Lipinski definition) is 1. The number of anilines is 1. The Morgan fingerprint density at radius 3 is 2.79 bits per heavy atom. The van der Waals surface area contributed by atoms with Crippen molar-refractivity contribution in [2.75, 3.05) is 38.2 Å². The summed E-state index contributed by atoms with van der Waals surface area (Å²) in [5.41, 5.74) is 1.02. The van der Waals surface area contributed by atoms with Crippen molar-refractivity contribution >= 4 is 11.7 Å². The van der Waals surface area contributed by atoms with Crippen LogP contribution in [0.2, 0.25) is 0 Å². The van der Waals surface area contributed by atoms with Gasteiger partial charge in [-0.2, -0.15) is 5.26 Å². The van der Waals surface area contributed by atoms with Crippen molar-refractivity contribution < 1.29 is 14.3 Å². The van der Waals surface area contributed by atoms with Gasteiger partial charge in [0, 0.05) is 32.0 Å². The lowest BCUT2D eigenvalue weighted by Gasteiger charge is -2.29. The number of ether oxygens (including phenoxy) is 2. The average molecular weight is 331 g/mol. The molecule has 0 saturated carbocycles. The molecule has 0 aromatic heterocycles. The quantitative estimate of drug-likeness (QED) is 0.868.